The average molecular weight is 216 g/mol. The molecule has 3 heteroatoms. The predicted molar refractivity (Wildman–Crippen MR) is 60.6 cm³/mol. The molecular formula is C12H24O3. The molecule has 0 aromatic heterocycles. The lowest BCUT2D eigenvalue weighted by molar-refractivity contribution is -0.143. The summed E-state index contributed by atoms with van der Waals surface area (Å²) in [6, 6.07) is 0. The predicted octanol–water partition coefficient (Wildman–Crippen LogP) is 2.52. The van der Waals surface area contributed by atoms with Crippen LogP contribution in [-0.2, 0) is 9.53 Å². The molecule has 3 nitrogen and oxygen atoms in total. The largest absolute Gasteiger partial charge is 0.466 e. The molecule has 0 amide bonds. The van der Waals surface area contributed by atoms with Crippen molar-refractivity contribution in [1.82, 2.24) is 0 Å². The number of ether oxygens (including phenoxy) is 1. The minimum atomic E-state index is -0.0901. The van der Waals surface area contributed by atoms with Gasteiger partial charge in [0.05, 0.1) is 6.61 Å². The molecule has 0 saturated heterocycles. The van der Waals surface area contributed by atoms with Gasteiger partial charge in [0.25, 0.3) is 0 Å². The van der Waals surface area contributed by atoms with Crippen LogP contribution < -0.4 is 0 Å². The van der Waals surface area contributed by atoms with E-state index in [9.17, 15) is 4.79 Å². The van der Waals surface area contributed by atoms with Gasteiger partial charge >= 0.3 is 5.97 Å². The molecular weight excluding hydrogens is 192 g/mol. The standard InChI is InChI=1S/C12H24O3/c1-3-11(9-10-13)7-5-6-8-12(14)15-4-2/h11,13H,3-10H2,1-2H3/t11-/m0/s1. The fourth-order valence-corrected chi connectivity index (χ4v) is 1.67. The molecule has 0 aromatic carbocycles. The van der Waals surface area contributed by atoms with Crippen molar-refractivity contribution in [1.29, 1.82) is 0 Å². The van der Waals surface area contributed by atoms with E-state index in [1.807, 2.05) is 6.92 Å². The Morgan fingerprint density at radius 2 is 2.00 bits per heavy atom. The Balaban J connectivity index is 3.39. The van der Waals surface area contributed by atoms with Gasteiger partial charge in [0, 0.05) is 13.0 Å². The number of unbranched alkanes of at least 4 members (excludes halogenated alkanes) is 1. The van der Waals surface area contributed by atoms with Gasteiger partial charge in [0.1, 0.15) is 0 Å². The van der Waals surface area contributed by atoms with Crippen molar-refractivity contribution in [2.24, 2.45) is 5.92 Å². The number of aliphatic hydroxyl groups excluding tert-OH is 1. The third-order valence-electron chi connectivity index (χ3n) is 2.66. The van der Waals surface area contributed by atoms with Crippen molar-refractivity contribution < 1.29 is 14.6 Å². The molecule has 0 radical (unpaired) electrons. The highest BCUT2D eigenvalue weighted by molar-refractivity contribution is 5.69. The summed E-state index contributed by atoms with van der Waals surface area (Å²) < 4.78 is 4.84. The van der Waals surface area contributed by atoms with Crippen molar-refractivity contribution in [2.75, 3.05) is 13.2 Å². The van der Waals surface area contributed by atoms with E-state index >= 15 is 0 Å². The highest BCUT2D eigenvalue weighted by Gasteiger charge is 2.06. The Kier molecular flexibility index (Phi) is 9.59. The molecule has 0 aromatic rings. The molecule has 0 saturated carbocycles. The van der Waals surface area contributed by atoms with E-state index in [1.165, 1.54) is 0 Å². The first kappa shape index (κ1) is 14.4. The second-order valence-electron chi connectivity index (χ2n) is 3.84. The summed E-state index contributed by atoms with van der Waals surface area (Å²) in [5, 5.41) is 8.81. The summed E-state index contributed by atoms with van der Waals surface area (Å²) in [5.41, 5.74) is 0. The molecule has 0 bridgehead atoms. The van der Waals surface area contributed by atoms with Crippen LogP contribution in [0.25, 0.3) is 0 Å². The van der Waals surface area contributed by atoms with Crippen LogP contribution >= 0.6 is 0 Å². The van der Waals surface area contributed by atoms with E-state index in [2.05, 4.69) is 6.92 Å². The maximum Gasteiger partial charge on any atom is 0.305 e. The fraction of sp³-hybridized carbons (Fsp3) is 0.917. The van der Waals surface area contributed by atoms with E-state index in [0.29, 0.717) is 18.9 Å². The summed E-state index contributed by atoms with van der Waals surface area (Å²) in [4.78, 5) is 11.0. The number of carbonyl (C=O) groups excluding carboxylic acids is 1. The monoisotopic (exact) mass is 216 g/mol. The third-order valence-corrected chi connectivity index (χ3v) is 2.66. The van der Waals surface area contributed by atoms with Gasteiger partial charge in [-0.1, -0.05) is 26.2 Å². The van der Waals surface area contributed by atoms with Crippen LogP contribution in [0.3, 0.4) is 0 Å². The topological polar surface area (TPSA) is 46.5 Å². The van der Waals surface area contributed by atoms with Crippen molar-refractivity contribution in [3.8, 4) is 0 Å². The van der Waals surface area contributed by atoms with Crippen molar-refractivity contribution >= 4 is 5.97 Å². The van der Waals surface area contributed by atoms with Gasteiger partial charge < -0.3 is 9.84 Å². The molecule has 90 valence electrons. The van der Waals surface area contributed by atoms with Crippen LogP contribution in [0.5, 0.6) is 0 Å². The highest BCUT2D eigenvalue weighted by Crippen LogP contribution is 2.16. The zero-order valence-electron chi connectivity index (χ0n) is 10.00. The van der Waals surface area contributed by atoms with Gasteiger partial charge in [-0.3, -0.25) is 4.79 Å². The molecule has 15 heavy (non-hydrogen) atoms. The Labute approximate surface area is 92.8 Å². The summed E-state index contributed by atoms with van der Waals surface area (Å²) in [5.74, 6) is 0.518. The number of hydrogen-bond donors (Lipinski definition) is 1. The molecule has 0 heterocycles. The Morgan fingerprint density at radius 3 is 2.53 bits per heavy atom. The molecule has 0 fully saturated rings. The SMILES string of the molecule is CCOC(=O)CCCC[C@H](CC)CCO. The molecule has 0 aliphatic heterocycles. The van der Waals surface area contributed by atoms with Gasteiger partial charge in [-0.05, 0) is 25.7 Å². The second-order valence-corrected chi connectivity index (χ2v) is 3.84. The molecule has 0 aliphatic carbocycles. The maximum absolute atomic E-state index is 11.0. The van der Waals surface area contributed by atoms with Gasteiger partial charge in [0.15, 0.2) is 0 Å². The summed E-state index contributed by atoms with van der Waals surface area (Å²) >= 11 is 0. The maximum atomic E-state index is 11.0. The first-order valence-corrected chi connectivity index (χ1v) is 6.01. The number of carbonyl (C=O) groups is 1. The molecule has 1 N–H and O–H groups in total. The first-order valence-electron chi connectivity index (χ1n) is 6.01. The van der Waals surface area contributed by atoms with Crippen LogP contribution in [0.15, 0.2) is 0 Å². The van der Waals surface area contributed by atoms with Gasteiger partial charge in [-0.25, -0.2) is 0 Å². The summed E-state index contributed by atoms with van der Waals surface area (Å²) in [7, 11) is 0. The molecule has 0 rings (SSSR count). The number of esters is 1. The van der Waals surface area contributed by atoms with E-state index in [-0.39, 0.29) is 12.6 Å². The highest BCUT2D eigenvalue weighted by atomic mass is 16.5. The number of hydrogen-bond acceptors (Lipinski definition) is 3. The Hall–Kier alpha value is -0.570. The van der Waals surface area contributed by atoms with E-state index in [1.54, 1.807) is 0 Å². The lowest BCUT2D eigenvalue weighted by atomic mass is 9.96. The lowest BCUT2D eigenvalue weighted by Crippen LogP contribution is -2.05. The van der Waals surface area contributed by atoms with Crippen LogP contribution in [0, 0.1) is 5.92 Å². The Bertz CT molecular complexity index is 157. The van der Waals surface area contributed by atoms with Gasteiger partial charge in [0.2, 0.25) is 0 Å². The van der Waals surface area contributed by atoms with Crippen LogP contribution in [-0.4, -0.2) is 24.3 Å². The Morgan fingerprint density at radius 1 is 1.27 bits per heavy atom. The van der Waals surface area contributed by atoms with Crippen molar-refractivity contribution in [3.63, 3.8) is 0 Å². The van der Waals surface area contributed by atoms with Crippen molar-refractivity contribution in [3.05, 3.63) is 0 Å². The zero-order chi connectivity index (χ0) is 11.5. The molecule has 1 atom stereocenters. The molecule has 0 unspecified atom stereocenters. The molecule has 0 aliphatic rings. The lowest BCUT2D eigenvalue weighted by Gasteiger charge is -2.12. The van der Waals surface area contributed by atoms with E-state index in [0.717, 1.165) is 32.1 Å². The third kappa shape index (κ3) is 8.43. The smallest absolute Gasteiger partial charge is 0.305 e. The number of aliphatic hydroxyl groups is 1. The van der Waals surface area contributed by atoms with Crippen LogP contribution in [0.2, 0.25) is 0 Å². The van der Waals surface area contributed by atoms with E-state index < -0.39 is 0 Å². The fourth-order valence-electron chi connectivity index (χ4n) is 1.67. The van der Waals surface area contributed by atoms with Crippen molar-refractivity contribution in [2.45, 2.75) is 52.4 Å². The van der Waals surface area contributed by atoms with Gasteiger partial charge in [-0.2, -0.15) is 0 Å². The summed E-state index contributed by atoms with van der Waals surface area (Å²) in [6.45, 7) is 4.72. The average Bonchev–Trinajstić information content (AvgIpc) is 2.23. The van der Waals surface area contributed by atoms with Gasteiger partial charge in [-0.15, -0.1) is 0 Å². The summed E-state index contributed by atoms with van der Waals surface area (Å²) in [6.07, 6.45) is 5.59. The second kappa shape index (κ2) is 9.97. The molecule has 0 spiro atoms. The minimum Gasteiger partial charge on any atom is -0.466 e. The van der Waals surface area contributed by atoms with Crippen LogP contribution in [0.4, 0.5) is 0 Å². The normalized spacial score (nSPS) is 12.5. The quantitative estimate of drug-likeness (QED) is 0.476. The minimum absolute atomic E-state index is 0.0901. The van der Waals surface area contributed by atoms with Crippen LogP contribution in [0.1, 0.15) is 52.4 Å². The zero-order valence-corrected chi connectivity index (χ0v) is 10.00. The number of rotatable bonds is 9. The first-order chi connectivity index (χ1) is 7.24. The van der Waals surface area contributed by atoms with E-state index in [4.69, 9.17) is 9.84 Å².